The maximum atomic E-state index is 6.16. The molecule has 0 aliphatic rings. The van der Waals surface area contributed by atoms with Gasteiger partial charge in [0.2, 0.25) is 0 Å². The lowest BCUT2D eigenvalue weighted by molar-refractivity contribution is 0.446. The Bertz CT molecular complexity index is 731. The predicted octanol–water partition coefficient (Wildman–Crippen LogP) is 4.68. The van der Waals surface area contributed by atoms with Gasteiger partial charge in [0.15, 0.2) is 0 Å². The van der Waals surface area contributed by atoms with Crippen LogP contribution in [0.25, 0.3) is 10.8 Å². The first-order valence-electron chi connectivity index (χ1n) is 5.57. The van der Waals surface area contributed by atoms with E-state index in [1.807, 2.05) is 36.4 Å². The van der Waals surface area contributed by atoms with Gasteiger partial charge in [-0.05, 0) is 34.7 Å². The zero-order valence-electron chi connectivity index (χ0n) is 9.68. The highest BCUT2D eigenvalue weighted by Gasteiger charge is 2.07. The van der Waals surface area contributed by atoms with Gasteiger partial charge in [0.1, 0.15) is 5.75 Å². The molecule has 0 fully saturated rings. The highest BCUT2D eigenvalue weighted by molar-refractivity contribution is 14.1. The number of aromatic nitrogens is 2. The zero-order chi connectivity index (χ0) is 13.2. The Balaban J connectivity index is 2.06. The molecule has 5 heteroatoms. The molecule has 0 saturated heterocycles. The molecule has 0 spiro atoms. The van der Waals surface area contributed by atoms with E-state index in [1.54, 1.807) is 12.4 Å². The number of fused-ring (bicyclic) bond motifs is 1. The van der Waals surface area contributed by atoms with Crippen LogP contribution in [0.15, 0.2) is 48.8 Å². The summed E-state index contributed by atoms with van der Waals surface area (Å²) >= 11 is 8.31. The molecule has 3 nitrogen and oxygen atoms in total. The van der Waals surface area contributed by atoms with Crippen molar-refractivity contribution in [2.24, 2.45) is 0 Å². The Morgan fingerprint density at radius 3 is 2.37 bits per heavy atom. The molecule has 0 saturated carbocycles. The lowest BCUT2D eigenvalue weighted by Crippen LogP contribution is -1.92. The third-order valence-electron chi connectivity index (χ3n) is 2.63. The number of nitrogens with zero attached hydrogens (tertiary/aromatic N) is 2. The van der Waals surface area contributed by atoms with Crippen molar-refractivity contribution in [2.75, 3.05) is 0 Å². The van der Waals surface area contributed by atoms with E-state index < -0.39 is 0 Å². The van der Waals surface area contributed by atoms with Crippen molar-refractivity contribution in [1.29, 1.82) is 0 Å². The monoisotopic (exact) mass is 382 g/mol. The number of rotatable bonds is 2. The van der Waals surface area contributed by atoms with E-state index in [4.69, 9.17) is 16.3 Å². The lowest BCUT2D eigenvalue weighted by atomic mass is 10.1. The number of ether oxygens (including phenoxy) is 1. The first kappa shape index (κ1) is 12.6. The van der Waals surface area contributed by atoms with Crippen molar-refractivity contribution in [3.05, 3.63) is 57.4 Å². The highest BCUT2D eigenvalue weighted by Crippen LogP contribution is 2.32. The van der Waals surface area contributed by atoms with Gasteiger partial charge < -0.3 is 4.74 Å². The summed E-state index contributed by atoms with van der Waals surface area (Å²) < 4.78 is 6.68. The van der Waals surface area contributed by atoms with Crippen molar-refractivity contribution in [3.8, 4) is 11.8 Å². The molecule has 1 aromatic heterocycles. The maximum absolute atomic E-state index is 6.16. The topological polar surface area (TPSA) is 35.0 Å². The van der Waals surface area contributed by atoms with Gasteiger partial charge in [0.05, 0.1) is 0 Å². The molecule has 0 amide bonds. The van der Waals surface area contributed by atoms with Gasteiger partial charge in [-0.25, -0.2) is 9.97 Å². The van der Waals surface area contributed by atoms with Crippen LogP contribution in [0.4, 0.5) is 0 Å². The number of halogens is 2. The van der Waals surface area contributed by atoms with E-state index in [1.165, 1.54) is 0 Å². The Hall–Kier alpha value is -1.40. The van der Waals surface area contributed by atoms with Gasteiger partial charge >= 0.3 is 6.01 Å². The molecule has 0 unspecified atom stereocenters. The molecular formula is C14H8ClIN2O. The van der Waals surface area contributed by atoms with Crippen molar-refractivity contribution in [3.63, 3.8) is 0 Å². The Morgan fingerprint density at radius 1 is 0.947 bits per heavy atom. The fraction of sp³-hybridized carbons (Fsp3) is 0. The Morgan fingerprint density at radius 2 is 1.63 bits per heavy atom. The van der Waals surface area contributed by atoms with Crippen LogP contribution in [0.3, 0.4) is 0 Å². The third-order valence-corrected chi connectivity index (χ3v) is 3.52. The summed E-state index contributed by atoms with van der Waals surface area (Å²) in [6.07, 6.45) is 3.42. The van der Waals surface area contributed by atoms with Crippen LogP contribution < -0.4 is 4.74 Å². The fourth-order valence-electron chi connectivity index (χ4n) is 1.78. The molecule has 0 bridgehead atoms. The average molecular weight is 383 g/mol. The molecule has 0 aliphatic carbocycles. The minimum atomic E-state index is 0.327. The van der Waals surface area contributed by atoms with Crippen molar-refractivity contribution in [2.45, 2.75) is 0 Å². The van der Waals surface area contributed by atoms with Crippen LogP contribution in [0, 0.1) is 3.57 Å². The number of benzene rings is 2. The Kier molecular flexibility index (Phi) is 3.52. The van der Waals surface area contributed by atoms with E-state index in [9.17, 15) is 0 Å². The minimum absolute atomic E-state index is 0.327. The Labute approximate surface area is 128 Å². The predicted molar refractivity (Wildman–Crippen MR) is 83.8 cm³/mol. The lowest BCUT2D eigenvalue weighted by Gasteiger charge is -2.08. The first-order chi connectivity index (χ1) is 9.24. The van der Waals surface area contributed by atoms with Crippen LogP contribution in [0.2, 0.25) is 5.02 Å². The SMILES string of the molecule is Clc1ccc(Oc2ncc(I)cn2)c2ccccc12. The first-order valence-corrected chi connectivity index (χ1v) is 7.02. The second kappa shape index (κ2) is 5.30. The van der Waals surface area contributed by atoms with Gasteiger partial charge in [0.25, 0.3) is 0 Å². The molecule has 0 aliphatic heterocycles. The highest BCUT2D eigenvalue weighted by atomic mass is 127. The summed E-state index contributed by atoms with van der Waals surface area (Å²) in [7, 11) is 0. The van der Waals surface area contributed by atoms with E-state index in [0.717, 1.165) is 14.3 Å². The van der Waals surface area contributed by atoms with Crippen LogP contribution in [0.1, 0.15) is 0 Å². The summed E-state index contributed by atoms with van der Waals surface area (Å²) in [5.74, 6) is 0.696. The quantitative estimate of drug-likeness (QED) is 0.604. The molecule has 1 heterocycles. The van der Waals surface area contributed by atoms with E-state index in [-0.39, 0.29) is 0 Å². The standard InChI is InChI=1S/C14H8ClIN2O/c15-12-5-6-13(11-4-2-1-3-10(11)12)19-14-17-7-9(16)8-18-14/h1-8H. The summed E-state index contributed by atoms with van der Waals surface area (Å²) in [6.45, 7) is 0. The fourth-order valence-corrected chi connectivity index (χ4v) is 2.28. The minimum Gasteiger partial charge on any atom is -0.424 e. The average Bonchev–Trinajstić information content (AvgIpc) is 2.45. The van der Waals surface area contributed by atoms with Crippen LogP contribution in [0.5, 0.6) is 11.8 Å². The van der Waals surface area contributed by atoms with Crippen LogP contribution in [-0.4, -0.2) is 9.97 Å². The van der Waals surface area contributed by atoms with Crippen molar-refractivity contribution in [1.82, 2.24) is 9.97 Å². The number of hydrogen-bond acceptors (Lipinski definition) is 3. The van der Waals surface area contributed by atoms with Crippen LogP contribution >= 0.6 is 34.2 Å². The molecule has 0 atom stereocenters. The molecule has 94 valence electrons. The van der Waals surface area contributed by atoms with E-state index in [2.05, 4.69) is 32.6 Å². The summed E-state index contributed by atoms with van der Waals surface area (Å²) in [5.41, 5.74) is 0. The molecule has 3 aromatic rings. The smallest absolute Gasteiger partial charge is 0.321 e. The van der Waals surface area contributed by atoms with Gasteiger partial charge in [-0.2, -0.15) is 0 Å². The molecule has 0 N–H and O–H groups in total. The van der Waals surface area contributed by atoms with Crippen molar-refractivity contribution < 1.29 is 4.74 Å². The van der Waals surface area contributed by atoms with Gasteiger partial charge in [-0.3, -0.25) is 0 Å². The van der Waals surface area contributed by atoms with E-state index >= 15 is 0 Å². The summed E-state index contributed by atoms with van der Waals surface area (Å²) in [5, 5.41) is 2.59. The second-order valence-corrected chi connectivity index (χ2v) is 5.53. The maximum Gasteiger partial charge on any atom is 0.321 e. The zero-order valence-corrected chi connectivity index (χ0v) is 12.6. The normalized spacial score (nSPS) is 10.6. The van der Waals surface area contributed by atoms with Crippen molar-refractivity contribution >= 4 is 45.0 Å². The van der Waals surface area contributed by atoms with Gasteiger partial charge in [0, 0.05) is 31.8 Å². The van der Waals surface area contributed by atoms with Gasteiger partial charge in [-0.15, -0.1) is 0 Å². The van der Waals surface area contributed by atoms with E-state index in [0.29, 0.717) is 16.8 Å². The molecule has 2 aromatic carbocycles. The molecule has 19 heavy (non-hydrogen) atoms. The summed E-state index contributed by atoms with van der Waals surface area (Å²) in [6, 6.07) is 11.8. The summed E-state index contributed by atoms with van der Waals surface area (Å²) in [4.78, 5) is 8.26. The molecular weight excluding hydrogens is 375 g/mol. The molecule has 0 radical (unpaired) electrons. The number of hydrogen-bond donors (Lipinski definition) is 0. The molecule has 3 rings (SSSR count). The van der Waals surface area contributed by atoms with Crippen LogP contribution in [-0.2, 0) is 0 Å². The largest absolute Gasteiger partial charge is 0.424 e. The van der Waals surface area contributed by atoms with Gasteiger partial charge in [-0.1, -0.05) is 35.9 Å². The third kappa shape index (κ3) is 2.64. The second-order valence-electron chi connectivity index (χ2n) is 3.88.